The summed E-state index contributed by atoms with van der Waals surface area (Å²) in [5.74, 6) is -0.252. The van der Waals surface area contributed by atoms with Gasteiger partial charge in [0.2, 0.25) is 0 Å². The third-order valence-electron chi connectivity index (χ3n) is 8.88. The van der Waals surface area contributed by atoms with Crippen LogP contribution in [0.2, 0.25) is 0 Å². The Bertz CT molecular complexity index is 1190. The number of methoxy groups -OCH3 is 1. The summed E-state index contributed by atoms with van der Waals surface area (Å²) < 4.78 is 20.3. The Morgan fingerprint density at radius 2 is 1.88 bits per heavy atom. The van der Waals surface area contributed by atoms with E-state index in [1.807, 2.05) is 40.1 Å². The highest BCUT2D eigenvalue weighted by molar-refractivity contribution is 5.75. The highest BCUT2D eigenvalue weighted by atomic mass is 19.1. The molecule has 0 spiro atoms. The molecular formula is C32H45FN4O4. The zero-order valence-corrected chi connectivity index (χ0v) is 24.4. The molecule has 2 saturated heterocycles. The second kappa shape index (κ2) is 14.1. The Morgan fingerprint density at radius 3 is 2.59 bits per heavy atom. The number of nitrogens with zero attached hydrogens (tertiary/aromatic N) is 2. The van der Waals surface area contributed by atoms with Crippen LogP contribution in [0.15, 0.2) is 42.5 Å². The largest absolute Gasteiger partial charge is 0.453 e. The average molecular weight is 569 g/mol. The molecule has 2 aromatic carbocycles. The van der Waals surface area contributed by atoms with Gasteiger partial charge in [0.1, 0.15) is 5.82 Å². The van der Waals surface area contributed by atoms with Gasteiger partial charge in [-0.2, -0.15) is 0 Å². The zero-order chi connectivity index (χ0) is 29.4. The number of halogens is 1. The van der Waals surface area contributed by atoms with Gasteiger partial charge in [0.25, 0.3) is 0 Å². The predicted molar refractivity (Wildman–Crippen MR) is 158 cm³/mol. The van der Waals surface area contributed by atoms with Gasteiger partial charge in [0.05, 0.1) is 12.7 Å². The summed E-state index contributed by atoms with van der Waals surface area (Å²) in [6.07, 6.45) is 4.26. The maximum absolute atomic E-state index is 15.7. The third kappa shape index (κ3) is 7.19. The molecule has 0 radical (unpaired) electrons. The second-order valence-electron chi connectivity index (χ2n) is 11.4. The fourth-order valence-corrected chi connectivity index (χ4v) is 6.40. The molecule has 8 nitrogen and oxygen atoms in total. The first-order valence-electron chi connectivity index (χ1n) is 15.0. The van der Waals surface area contributed by atoms with Crippen LogP contribution in [-0.4, -0.2) is 73.4 Å². The van der Waals surface area contributed by atoms with Gasteiger partial charge in [0, 0.05) is 44.2 Å². The minimum absolute atomic E-state index is 0.00464. The standard InChI is InChI=1S/C32H45FN4O4/c1-3-23-8-4-9-25(20-23)29-27(11-5-12-28(29)33)32(40,15-7-16-35-30(38)41-2)26-10-6-17-37(22-26)31(39)36-18-13-24(21-34)14-19-36/h4-5,8-9,11-12,20,24,26,40H,3,6-7,10,13-19,21-22,34H2,1-2H3,(H,35,38). The number of carbonyl (C=O) groups excluding carboxylic acids is 2. The maximum atomic E-state index is 15.7. The number of hydrogen-bond acceptors (Lipinski definition) is 5. The van der Waals surface area contributed by atoms with E-state index in [0.717, 1.165) is 36.8 Å². The monoisotopic (exact) mass is 568 g/mol. The van der Waals surface area contributed by atoms with Gasteiger partial charge in [-0.05, 0) is 80.2 Å². The number of rotatable bonds is 9. The van der Waals surface area contributed by atoms with Crippen molar-refractivity contribution in [2.24, 2.45) is 17.6 Å². The number of likely N-dealkylation sites (tertiary alicyclic amines) is 2. The first-order valence-corrected chi connectivity index (χ1v) is 15.0. The molecule has 2 unspecified atom stereocenters. The Labute approximate surface area is 243 Å². The van der Waals surface area contributed by atoms with E-state index in [1.165, 1.54) is 13.2 Å². The van der Waals surface area contributed by atoms with Crippen LogP contribution in [0.4, 0.5) is 14.0 Å². The number of urea groups is 1. The molecule has 9 heteroatoms. The van der Waals surface area contributed by atoms with Crippen molar-refractivity contribution in [3.8, 4) is 11.1 Å². The maximum Gasteiger partial charge on any atom is 0.406 e. The van der Waals surface area contributed by atoms with Crippen LogP contribution in [0, 0.1) is 17.7 Å². The van der Waals surface area contributed by atoms with Crippen molar-refractivity contribution in [1.82, 2.24) is 15.1 Å². The van der Waals surface area contributed by atoms with Crippen LogP contribution in [0.25, 0.3) is 11.1 Å². The van der Waals surface area contributed by atoms with Gasteiger partial charge < -0.3 is 30.7 Å². The molecule has 41 heavy (non-hydrogen) atoms. The molecule has 0 bridgehead atoms. The number of alkyl carbamates (subject to hydrolysis) is 1. The van der Waals surface area contributed by atoms with Gasteiger partial charge in [-0.25, -0.2) is 14.0 Å². The average Bonchev–Trinajstić information content (AvgIpc) is 3.02. The van der Waals surface area contributed by atoms with E-state index in [-0.39, 0.29) is 18.4 Å². The summed E-state index contributed by atoms with van der Waals surface area (Å²) >= 11 is 0. The number of ether oxygens (including phenoxy) is 1. The van der Waals surface area contributed by atoms with E-state index in [4.69, 9.17) is 10.5 Å². The van der Waals surface area contributed by atoms with Crippen molar-refractivity contribution in [3.63, 3.8) is 0 Å². The molecule has 3 amide bonds. The molecule has 0 aromatic heterocycles. The Kier molecular flexibility index (Phi) is 10.6. The summed E-state index contributed by atoms with van der Waals surface area (Å²) in [6.45, 7) is 5.37. The van der Waals surface area contributed by atoms with E-state index in [9.17, 15) is 14.7 Å². The molecule has 0 saturated carbocycles. The molecule has 2 aromatic rings. The summed E-state index contributed by atoms with van der Waals surface area (Å²) in [5, 5.41) is 15.3. The van der Waals surface area contributed by atoms with Gasteiger partial charge in [-0.15, -0.1) is 0 Å². The molecule has 4 rings (SSSR count). The third-order valence-corrected chi connectivity index (χ3v) is 8.88. The van der Waals surface area contributed by atoms with E-state index in [2.05, 4.69) is 12.2 Å². The van der Waals surface area contributed by atoms with Gasteiger partial charge in [-0.3, -0.25) is 0 Å². The number of piperidine rings is 2. The Hall–Kier alpha value is -3.17. The van der Waals surface area contributed by atoms with Crippen LogP contribution in [-0.2, 0) is 16.8 Å². The van der Waals surface area contributed by atoms with Crippen molar-refractivity contribution in [2.45, 2.75) is 57.5 Å². The Balaban J connectivity index is 1.65. The number of amides is 3. The number of carbonyl (C=O) groups is 2. The van der Waals surface area contributed by atoms with Crippen LogP contribution in [0.1, 0.15) is 56.6 Å². The topological polar surface area (TPSA) is 108 Å². The normalized spacial score (nSPS) is 19.5. The lowest BCUT2D eigenvalue weighted by molar-refractivity contribution is -0.0566. The van der Waals surface area contributed by atoms with Crippen LogP contribution in [0.5, 0.6) is 0 Å². The van der Waals surface area contributed by atoms with Crippen molar-refractivity contribution in [2.75, 3.05) is 46.4 Å². The first kappa shape index (κ1) is 30.8. The summed E-state index contributed by atoms with van der Waals surface area (Å²) in [5.41, 5.74) is 7.12. The molecule has 2 aliphatic heterocycles. The quantitative estimate of drug-likeness (QED) is 0.374. The number of nitrogens with one attached hydrogen (secondary N) is 1. The number of aryl methyl sites for hydroxylation is 1. The SMILES string of the molecule is CCc1cccc(-c2c(F)cccc2C(O)(CCCNC(=O)OC)C2CCCN(C(=O)N3CCC(CN)CC3)C2)c1. The summed E-state index contributed by atoms with van der Waals surface area (Å²) in [4.78, 5) is 29.0. The molecule has 2 aliphatic rings. The van der Waals surface area contributed by atoms with E-state index < -0.39 is 17.5 Å². The van der Waals surface area contributed by atoms with Crippen LogP contribution < -0.4 is 11.1 Å². The van der Waals surface area contributed by atoms with Crippen molar-refractivity contribution in [3.05, 3.63) is 59.4 Å². The lowest BCUT2D eigenvalue weighted by Crippen LogP contribution is -2.53. The summed E-state index contributed by atoms with van der Waals surface area (Å²) in [6, 6.07) is 12.7. The molecule has 4 N–H and O–H groups in total. The van der Waals surface area contributed by atoms with Gasteiger partial charge in [-0.1, -0.05) is 43.3 Å². The molecule has 0 aliphatic carbocycles. The highest BCUT2D eigenvalue weighted by Crippen LogP contribution is 2.44. The van der Waals surface area contributed by atoms with Crippen LogP contribution >= 0.6 is 0 Å². The Morgan fingerprint density at radius 1 is 1.12 bits per heavy atom. The van der Waals surface area contributed by atoms with Gasteiger partial charge >= 0.3 is 12.1 Å². The molecule has 2 heterocycles. The first-order chi connectivity index (χ1) is 19.8. The zero-order valence-electron chi connectivity index (χ0n) is 24.4. The van der Waals surface area contributed by atoms with E-state index in [0.29, 0.717) is 69.2 Å². The van der Waals surface area contributed by atoms with Gasteiger partial charge in [0.15, 0.2) is 0 Å². The highest BCUT2D eigenvalue weighted by Gasteiger charge is 2.43. The molecule has 224 valence electrons. The smallest absolute Gasteiger partial charge is 0.406 e. The van der Waals surface area contributed by atoms with Crippen molar-refractivity contribution in [1.29, 1.82) is 0 Å². The molecule has 2 atom stereocenters. The summed E-state index contributed by atoms with van der Waals surface area (Å²) in [7, 11) is 1.31. The fourth-order valence-electron chi connectivity index (χ4n) is 6.40. The number of benzene rings is 2. The number of aliphatic hydroxyl groups is 1. The van der Waals surface area contributed by atoms with Crippen molar-refractivity contribution < 1.29 is 23.8 Å². The number of hydrogen-bond donors (Lipinski definition) is 3. The van der Waals surface area contributed by atoms with Crippen molar-refractivity contribution >= 4 is 12.1 Å². The second-order valence-corrected chi connectivity index (χ2v) is 11.4. The molecule has 2 fully saturated rings. The fraction of sp³-hybridized carbons (Fsp3) is 0.562. The van der Waals surface area contributed by atoms with Crippen LogP contribution in [0.3, 0.4) is 0 Å². The minimum atomic E-state index is -1.43. The van der Waals surface area contributed by atoms with E-state index in [1.54, 1.807) is 6.07 Å². The molecular weight excluding hydrogens is 523 g/mol. The minimum Gasteiger partial charge on any atom is -0.453 e. The lowest BCUT2D eigenvalue weighted by Gasteiger charge is -2.45. The lowest BCUT2D eigenvalue weighted by atomic mass is 9.72. The number of nitrogens with two attached hydrogens (primary N) is 1. The van der Waals surface area contributed by atoms with E-state index >= 15 is 4.39 Å². The predicted octanol–water partition coefficient (Wildman–Crippen LogP) is 4.88.